The Labute approximate surface area is 118 Å². The van der Waals surface area contributed by atoms with Gasteiger partial charge in [-0.05, 0) is 19.1 Å². The minimum atomic E-state index is 0.139. The molecule has 96 valence electrons. The zero-order chi connectivity index (χ0) is 12.7. The van der Waals surface area contributed by atoms with Gasteiger partial charge in [0.05, 0.1) is 6.33 Å². The van der Waals surface area contributed by atoms with Gasteiger partial charge in [0.1, 0.15) is 16.0 Å². The molecule has 1 atom stereocenters. The standard InChI is InChI=1S/C10H13N5S3/c1-17-10(18-16)15-4-12-6-7(11)13-8(5-2-3-5)14-9(6)15/h4-5,10,16H,2-3H2,1H3,(H2,11,13,14). The number of aromatic nitrogens is 4. The molecule has 8 heteroatoms. The monoisotopic (exact) mass is 299 g/mol. The van der Waals surface area contributed by atoms with Gasteiger partial charge in [-0.2, -0.15) is 0 Å². The maximum absolute atomic E-state index is 5.96. The van der Waals surface area contributed by atoms with Gasteiger partial charge in [-0.3, -0.25) is 4.57 Å². The molecule has 2 N–H and O–H groups in total. The van der Waals surface area contributed by atoms with E-state index < -0.39 is 0 Å². The van der Waals surface area contributed by atoms with Gasteiger partial charge in [0, 0.05) is 5.92 Å². The Morgan fingerprint density at radius 2 is 2.28 bits per heavy atom. The molecule has 18 heavy (non-hydrogen) atoms. The second-order valence-electron chi connectivity index (χ2n) is 4.21. The number of anilines is 1. The highest BCUT2D eigenvalue weighted by atomic mass is 33.1. The third-order valence-electron chi connectivity index (χ3n) is 2.93. The molecule has 1 aliphatic rings. The Morgan fingerprint density at radius 1 is 1.50 bits per heavy atom. The second-order valence-corrected chi connectivity index (χ2v) is 6.72. The molecular formula is C10H13N5S3. The molecule has 1 aliphatic carbocycles. The number of thiol groups is 1. The highest BCUT2D eigenvalue weighted by molar-refractivity contribution is 8.70. The van der Waals surface area contributed by atoms with E-state index in [2.05, 4.69) is 26.6 Å². The lowest BCUT2D eigenvalue weighted by Gasteiger charge is -2.13. The smallest absolute Gasteiger partial charge is 0.167 e. The van der Waals surface area contributed by atoms with Crippen molar-refractivity contribution in [1.29, 1.82) is 0 Å². The summed E-state index contributed by atoms with van der Waals surface area (Å²) in [5.41, 5.74) is 7.45. The lowest BCUT2D eigenvalue weighted by Crippen LogP contribution is -2.04. The van der Waals surface area contributed by atoms with Crippen LogP contribution in [0.25, 0.3) is 11.2 Å². The van der Waals surface area contributed by atoms with Gasteiger partial charge >= 0.3 is 0 Å². The molecule has 0 aliphatic heterocycles. The first-order chi connectivity index (χ1) is 8.74. The van der Waals surface area contributed by atoms with Crippen molar-refractivity contribution in [2.75, 3.05) is 12.0 Å². The van der Waals surface area contributed by atoms with Crippen molar-refractivity contribution >= 4 is 51.2 Å². The van der Waals surface area contributed by atoms with Gasteiger partial charge in [-0.1, -0.05) is 10.8 Å². The first-order valence-electron chi connectivity index (χ1n) is 5.57. The largest absolute Gasteiger partial charge is 0.382 e. The first kappa shape index (κ1) is 12.4. The number of nitrogen functional groups attached to an aromatic ring is 1. The van der Waals surface area contributed by atoms with E-state index in [0.717, 1.165) is 24.3 Å². The van der Waals surface area contributed by atoms with E-state index in [-0.39, 0.29) is 4.71 Å². The summed E-state index contributed by atoms with van der Waals surface area (Å²) in [6, 6.07) is 0. The van der Waals surface area contributed by atoms with Crippen LogP contribution < -0.4 is 5.73 Å². The predicted molar refractivity (Wildman–Crippen MR) is 80.8 cm³/mol. The van der Waals surface area contributed by atoms with Crippen LogP contribution in [-0.2, 0) is 0 Å². The van der Waals surface area contributed by atoms with Gasteiger partial charge in [0.15, 0.2) is 11.5 Å². The summed E-state index contributed by atoms with van der Waals surface area (Å²) in [5.74, 6) is 1.81. The van der Waals surface area contributed by atoms with Crippen molar-refractivity contribution in [3.63, 3.8) is 0 Å². The molecule has 3 rings (SSSR count). The van der Waals surface area contributed by atoms with Gasteiger partial charge in [-0.15, -0.1) is 23.4 Å². The zero-order valence-corrected chi connectivity index (χ0v) is 12.3. The Kier molecular flexibility index (Phi) is 3.33. The lowest BCUT2D eigenvalue weighted by atomic mass is 10.3. The Hall–Kier alpha value is -0.600. The minimum Gasteiger partial charge on any atom is -0.382 e. The Morgan fingerprint density at radius 3 is 2.89 bits per heavy atom. The van der Waals surface area contributed by atoms with E-state index in [9.17, 15) is 0 Å². The van der Waals surface area contributed by atoms with Crippen LogP contribution in [0.1, 0.15) is 29.3 Å². The van der Waals surface area contributed by atoms with Crippen molar-refractivity contribution in [1.82, 2.24) is 19.5 Å². The van der Waals surface area contributed by atoms with Crippen LogP contribution in [0.3, 0.4) is 0 Å². The fraction of sp³-hybridized carbons (Fsp3) is 0.500. The van der Waals surface area contributed by atoms with Crippen molar-refractivity contribution in [2.24, 2.45) is 0 Å². The van der Waals surface area contributed by atoms with Crippen molar-refractivity contribution in [3.05, 3.63) is 12.2 Å². The molecule has 2 aromatic rings. The molecule has 0 aromatic carbocycles. The van der Waals surface area contributed by atoms with Crippen molar-refractivity contribution in [2.45, 2.75) is 23.5 Å². The molecule has 2 aromatic heterocycles. The maximum Gasteiger partial charge on any atom is 0.167 e. The summed E-state index contributed by atoms with van der Waals surface area (Å²) >= 11 is 5.97. The Bertz CT molecular complexity index is 576. The highest BCUT2D eigenvalue weighted by Gasteiger charge is 2.28. The summed E-state index contributed by atoms with van der Waals surface area (Å²) in [4.78, 5) is 13.3. The summed E-state index contributed by atoms with van der Waals surface area (Å²) in [6.07, 6.45) is 6.11. The maximum atomic E-state index is 5.96. The van der Waals surface area contributed by atoms with Crippen molar-refractivity contribution in [3.8, 4) is 0 Å². The van der Waals surface area contributed by atoms with Gasteiger partial charge < -0.3 is 5.73 Å². The zero-order valence-electron chi connectivity index (χ0n) is 9.78. The molecular weight excluding hydrogens is 286 g/mol. The molecule has 0 spiro atoms. The Balaban J connectivity index is 2.15. The van der Waals surface area contributed by atoms with E-state index in [1.54, 1.807) is 18.1 Å². The number of thioether (sulfide) groups is 1. The third kappa shape index (κ3) is 2.06. The SMILES string of the molecule is CSC(SS)n1cnc2c(N)nc(C3CC3)nc21. The number of imidazole rings is 1. The third-order valence-corrected chi connectivity index (χ3v) is 5.86. The number of nitrogens with two attached hydrogens (primary N) is 1. The molecule has 2 heterocycles. The quantitative estimate of drug-likeness (QED) is 0.514. The van der Waals surface area contributed by atoms with Gasteiger partial charge in [0.25, 0.3) is 0 Å². The van der Waals surface area contributed by atoms with Crippen LogP contribution in [0.2, 0.25) is 0 Å². The molecule has 1 fully saturated rings. The lowest BCUT2D eigenvalue weighted by molar-refractivity contribution is 0.871. The van der Waals surface area contributed by atoms with Crippen LogP contribution in [0.4, 0.5) is 5.82 Å². The second kappa shape index (κ2) is 4.82. The van der Waals surface area contributed by atoms with Crippen LogP contribution in [0.5, 0.6) is 0 Å². The number of nitrogens with zero attached hydrogens (tertiary/aromatic N) is 4. The van der Waals surface area contributed by atoms with E-state index in [1.807, 2.05) is 10.8 Å². The molecule has 0 bridgehead atoms. The number of fused-ring (bicyclic) bond motifs is 1. The predicted octanol–water partition coefficient (Wildman–Crippen LogP) is 2.68. The van der Waals surface area contributed by atoms with E-state index in [1.165, 1.54) is 10.8 Å². The molecule has 1 saturated carbocycles. The average Bonchev–Trinajstić information content (AvgIpc) is 3.13. The summed E-state index contributed by atoms with van der Waals surface area (Å²) in [5, 5.41) is 0. The molecule has 1 unspecified atom stereocenters. The molecule has 0 radical (unpaired) electrons. The molecule has 0 saturated heterocycles. The van der Waals surface area contributed by atoms with Crippen LogP contribution in [0.15, 0.2) is 6.33 Å². The molecule has 0 amide bonds. The topological polar surface area (TPSA) is 69.6 Å². The highest BCUT2D eigenvalue weighted by Crippen LogP contribution is 2.40. The summed E-state index contributed by atoms with van der Waals surface area (Å²) in [7, 11) is 1.46. The summed E-state index contributed by atoms with van der Waals surface area (Å²) in [6.45, 7) is 0. The van der Waals surface area contributed by atoms with E-state index in [0.29, 0.717) is 17.3 Å². The fourth-order valence-corrected chi connectivity index (χ4v) is 3.90. The minimum absolute atomic E-state index is 0.139. The van der Waals surface area contributed by atoms with E-state index in [4.69, 9.17) is 5.73 Å². The van der Waals surface area contributed by atoms with Crippen molar-refractivity contribution < 1.29 is 0 Å². The number of rotatable bonds is 4. The van der Waals surface area contributed by atoms with E-state index >= 15 is 0 Å². The number of hydrogen-bond acceptors (Lipinski definition) is 7. The van der Waals surface area contributed by atoms with Crippen LogP contribution in [0, 0.1) is 0 Å². The van der Waals surface area contributed by atoms with Gasteiger partial charge in [-0.25, -0.2) is 15.0 Å². The molecule has 5 nitrogen and oxygen atoms in total. The fourth-order valence-electron chi connectivity index (χ4n) is 1.84. The average molecular weight is 299 g/mol. The normalized spacial score (nSPS) is 17.2. The van der Waals surface area contributed by atoms with Crippen LogP contribution in [-0.4, -0.2) is 25.8 Å². The van der Waals surface area contributed by atoms with Gasteiger partial charge in [0.2, 0.25) is 0 Å². The first-order valence-corrected chi connectivity index (χ1v) is 8.79. The summed E-state index contributed by atoms with van der Waals surface area (Å²) < 4.78 is 2.14. The number of hydrogen-bond donors (Lipinski definition) is 2. The van der Waals surface area contributed by atoms with Crippen LogP contribution >= 0.6 is 34.2 Å².